The van der Waals surface area contributed by atoms with Gasteiger partial charge in [0.2, 0.25) is 11.8 Å². The standard InChI is InChI=1S/C32H34Br2N2O2/c33-21-9-1-3-15-29(37)35-27-19-17-23-11-5-7-13-25(23)31(27)32-26-14-8-6-12-24(26)18-20-28(32)36-30(38)16-4-2-10-22-34/h5-8,11-14,17-20H,1-4,9-10,15-16,21-22H2,(H,35,37)(H,36,38). The van der Waals surface area contributed by atoms with Crippen molar-refractivity contribution in [1.29, 1.82) is 0 Å². The fourth-order valence-corrected chi connectivity index (χ4v) is 5.62. The summed E-state index contributed by atoms with van der Waals surface area (Å²) in [7, 11) is 0. The molecule has 0 unspecified atom stereocenters. The number of unbranched alkanes of at least 4 members (excludes halogenated alkanes) is 4. The Hall–Kier alpha value is -2.70. The molecule has 0 saturated carbocycles. The first-order valence-electron chi connectivity index (χ1n) is 13.4. The van der Waals surface area contributed by atoms with Gasteiger partial charge < -0.3 is 10.6 Å². The van der Waals surface area contributed by atoms with Crippen LogP contribution in [-0.4, -0.2) is 22.5 Å². The van der Waals surface area contributed by atoms with E-state index in [1.165, 1.54) is 0 Å². The van der Waals surface area contributed by atoms with Crippen LogP contribution in [0.5, 0.6) is 0 Å². The fraction of sp³-hybridized carbons (Fsp3) is 0.312. The molecule has 38 heavy (non-hydrogen) atoms. The van der Waals surface area contributed by atoms with E-state index in [-0.39, 0.29) is 11.8 Å². The Balaban J connectivity index is 1.79. The van der Waals surface area contributed by atoms with Crippen molar-refractivity contribution in [3.8, 4) is 11.1 Å². The lowest BCUT2D eigenvalue weighted by Crippen LogP contribution is -2.14. The van der Waals surface area contributed by atoms with Crippen LogP contribution in [0.15, 0.2) is 72.8 Å². The fourth-order valence-electron chi connectivity index (χ4n) is 4.83. The van der Waals surface area contributed by atoms with Gasteiger partial charge in [0.05, 0.1) is 0 Å². The number of anilines is 2. The van der Waals surface area contributed by atoms with Gasteiger partial charge in [-0.1, -0.05) is 105 Å². The van der Waals surface area contributed by atoms with E-state index in [4.69, 9.17) is 0 Å². The molecule has 0 heterocycles. The first-order valence-corrected chi connectivity index (χ1v) is 15.6. The number of hydrogen-bond donors (Lipinski definition) is 2. The minimum absolute atomic E-state index is 0.00807. The number of nitrogens with one attached hydrogen (secondary N) is 2. The highest BCUT2D eigenvalue weighted by atomic mass is 79.9. The minimum atomic E-state index is 0.00807. The number of halogens is 2. The second kappa shape index (κ2) is 14.5. The van der Waals surface area contributed by atoms with E-state index in [0.717, 1.165) is 93.2 Å². The van der Waals surface area contributed by atoms with Crippen LogP contribution in [0.3, 0.4) is 0 Å². The van der Waals surface area contributed by atoms with Crippen LogP contribution in [0, 0.1) is 0 Å². The zero-order valence-electron chi connectivity index (χ0n) is 21.6. The molecule has 0 saturated heterocycles. The van der Waals surface area contributed by atoms with Gasteiger partial charge in [-0.2, -0.15) is 0 Å². The van der Waals surface area contributed by atoms with E-state index in [1.807, 2.05) is 48.5 Å². The molecule has 2 amide bonds. The van der Waals surface area contributed by atoms with Gasteiger partial charge in [0.15, 0.2) is 0 Å². The summed E-state index contributed by atoms with van der Waals surface area (Å²) in [6.07, 6.45) is 6.81. The van der Waals surface area contributed by atoms with Gasteiger partial charge >= 0.3 is 0 Å². The van der Waals surface area contributed by atoms with E-state index in [2.05, 4.69) is 66.8 Å². The third-order valence-corrected chi connectivity index (χ3v) is 7.85. The molecular formula is C32H34Br2N2O2. The van der Waals surface area contributed by atoms with Crippen molar-refractivity contribution < 1.29 is 9.59 Å². The lowest BCUT2D eigenvalue weighted by Gasteiger charge is -2.20. The maximum Gasteiger partial charge on any atom is 0.224 e. The number of alkyl halides is 2. The molecule has 0 atom stereocenters. The van der Waals surface area contributed by atoms with Crippen molar-refractivity contribution in [1.82, 2.24) is 0 Å². The summed E-state index contributed by atoms with van der Waals surface area (Å²) in [5.41, 5.74) is 3.39. The van der Waals surface area contributed by atoms with Crippen molar-refractivity contribution >= 4 is 76.6 Å². The Morgan fingerprint density at radius 2 is 0.947 bits per heavy atom. The first kappa shape index (κ1) is 28.3. The second-order valence-electron chi connectivity index (χ2n) is 9.51. The summed E-state index contributed by atoms with van der Waals surface area (Å²) in [6, 6.07) is 24.5. The zero-order valence-corrected chi connectivity index (χ0v) is 24.7. The number of amides is 2. The van der Waals surface area contributed by atoms with E-state index in [1.54, 1.807) is 0 Å². The average molecular weight is 638 g/mol. The molecular weight excluding hydrogens is 604 g/mol. The summed E-state index contributed by atoms with van der Waals surface area (Å²) < 4.78 is 0. The van der Waals surface area contributed by atoms with E-state index in [0.29, 0.717) is 12.8 Å². The molecule has 0 radical (unpaired) electrons. The Morgan fingerprint density at radius 3 is 1.37 bits per heavy atom. The smallest absolute Gasteiger partial charge is 0.224 e. The van der Waals surface area contributed by atoms with Crippen molar-refractivity contribution in [2.24, 2.45) is 0 Å². The van der Waals surface area contributed by atoms with Crippen LogP contribution in [-0.2, 0) is 9.59 Å². The molecule has 4 rings (SSSR count). The highest BCUT2D eigenvalue weighted by Crippen LogP contribution is 2.43. The summed E-state index contributed by atoms with van der Waals surface area (Å²) in [4.78, 5) is 26.0. The third-order valence-electron chi connectivity index (χ3n) is 6.73. The van der Waals surface area contributed by atoms with Crippen molar-refractivity contribution in [3.05, 3.63) is 72.8 Å². The summed E-state index contributed by atoms with van der Waals surface area (Å²) >= 11 is 6.92. The van der Waals surface area contributed by atoms with Gasteiger partial charge in [-0.25, -0.2) is 0 Å². The molecule has 6 heteroatoms. The minimum Gasteiger partial charge on any atom is -0.325 e. The molecule has 0 bridgehead atoms. The quantitative estimate of drug-likeness (QED) is 0.113. The molecule has 0 fully saturated rings. The van der Waals surface area contributed by atoms with Crippen LogP contribution in [0.25, 0.3) is 32.7 Å². The molecule has 0 aliphatic rings. The largest absolute Gasteiger partial charge is 0.325 e. The molecule has 0 aliphatic heterocycles. The molecule has 4 aromatic carbocycles. The molecule has 0 aliphatic carbocycles. The van der Waals surface area contributed by atoms with Gasteiger partial charge in [-0.3, -0.25) is 9.59 Å². The van der Waals surface area contributed by atoms with Gasteiger partial charge in [0, 0.05) is 46.0 Å². The Kier molecular flexibility index (Phi) is 10.8. The second-order valence-corrected chi connectivity index (χ2v) is 11.1. The van der Waals surface area contributed by atoms with Crippen molar-refractivity contribution in [2.75, 3.05) is 21.3 Å². The topological polar surface area (TPSA) is 58.2 Å². The summed E-state index contributed by atoms with van der Waals surface area (Å²) in [5.74, 6) is 0.0161. The maximum absolute atomic E-state index is 13.0. The number of rotatable bonds is 13. The molecule has 198 valence electrons. The Bertz CT molecular complexity index is 1300. The number of benzene rings is 4. The predicted molar refractivity (Wildman–Crippen MR) is 169 cm³/mol. The van der Waals surface area contributed by atoms with E-state index in [9.17, 15) is 9.59 Å². The van der Waals surface area contributed by atoms with Crippen LogP contribution >= 0.6 is 31.9 Å². The van der Waals surface area contributed by atoms with Gasteiger partial charge in [-0.05, 0) is 59.4 Å². The molecule has 0 spiro atoms. The van der Waals surface area contributed by atoms with Crippen LogP contribution < -0.4 is 10.6 Å². The normalized spacial score (nSPS) is 11.1. The maximum atomic E-state index is 13.0. The molecule has 4 nitrogen and oxygen atoms in total. The lowest BCUT2D eigenvalue weighted by molar-refractivity contribution is -0.117. The molecule has 4 aromatic rings. The highest BCUT2D eigenvalue weighted by molar-refractivity contribution is 9.09. The molecule has 0 aromatic heterocycles. The van der Waals surface area contributed by atoms with Crippen molar-refractivity contribution in [2.45, 2.75) is 51.4 Å². The van der Waals surface area contributed by atoms with Crippen LogP contribution in [0.1, 0.15) is 51.4 Å². The zero-order chi connectivity index (χ0) is 26.7. The van der Waals surface area contributed by atoms with Crippen LogP contribution in [0.4, 0.5) is 11.4 Å². The number of fused-ring (bicyclic) bond motifs is 2. The van der Waals surface area contributed by atoms with E-state index < -0.39 is 0 Å². The van der Waals surface area contributed by atoms with E-state index >= 15 is 0 Å². The molecule has 2 N–H and O–H groups in total. The highest BCUT2D eigenvalue weighted by Gasteiger charge is 2.19. The lowest BCUT2D eigenvalue weighted by atomic mass is 9.90. The van der Waals surface area contributed by atoms with Gasteiger partial charge in [0.1, 0.15) is 0 Å². The monoisotopic (exact) mass is 636 g/mol. The number of carbonyl (C=O) groups excluding carboxylic acids is 2. The van der Waals surface area contributed by atoms with Crippen LogP contribution in [0.2, 0.25) is 0 Å². The summed E-state index contributed by atoms with van der Waals surface area (Å²) in [5, 5.41) is 12.5. The Labute approximate surface area is 241 Å². The summed E-state index contributed by atoms with van der Waals surface area (Å²) in [6.45, 7) is 0. The third kappa shape index (κ3) is 7.23. The number of hydrogen-bond acceptors (Lipinski definition) is 2. The van der Waals surface area contributed by atoms with Gasteiger partial charge in [-0.15, -0.1) is 0 Å². The predicted octanol–water partition coefficient (Wildman–Crippen LogP) is 9.45. The first-order chi connectivity index (χ1) is 18.6. The van der Waals surface area contributed by atoms with Gasteiger partial charge in [0.25, 0.3) is 0 Å². The van der Waals surface area contributed by atoms with Crippen molar-refractivity contribution in [3.63, 3.8) is 0 Å². The number of carbonyl (C=O) groups is 2. The Morgan fingerprint density at radius 1 is 0.526 bits per heavy atom. The SMILES string of the molecule is O=C(CCCCCBr)Nc1ccc2ccccc2c1-c1c(NC(=O)CCCCCBr)ccc2ccccc12. The average Bonchev–Trinajstić information content (AvgIpc) is 2.94.